The molecular weight excluding hydrogens is 356 g/mol. The molecule has 0 spiro atoms. The maximum atomic E-state index is 12.3. The zero-order valence-corrected chi connectivity index (χ0v) is 17.2. The van der Waals surface area contributed by atoms with E-state index < -0.39 is 5.60 Å². The Balaban J connectivity index is 1.58. The molecular formula is C21H32N4O3. The van der Waals surface area contributed by atoms with E-state index >= 15 is 0 Å². The number of carbonyl (C=O) groups excluding carboxylic acids is 1. The van der Waals surface area contributed by atoms with Crippen molar-refractivity contribution in [3.05, 3.63) is 29.7 Å². The van der Waals surface area contributed by atoms with E-state index in [1.54, 1.807) is 0 Å². The van der Waals surface area contributed by atoms with Gasteiger partial charge in [-0.15, -0.1) is 0 Å². The van der Waals surface area contributed by atoms with Crippen LogP contribution >= 0.6 is 0 Å². The van der Waals surface area contributed by atoms with E-state index in [0.29, 0.717) is 13.1 Å². The highest BCUT2D eigenvalue weighted by Gasteiger charge is 2.24. The number of benzene rings is 1. The molecule has 2 N–H and O–H groups in total. The van der Waals surface area contributed by atoms with Crippen molar-refractivity contribution in [1.82, 2.24) is 14.8 Å². The van der Waals surface area contributed by atoms with Crippen molar-refractivity contribution < 1.29 is 13.9 Å². The minimum absolute atomic E-state index is 0.219. The highest BCUT2D eigenvalue weighted by molar-refractivity contribution is 5.73. The lowest BCUT2D eigenvalue weighted by molar-refractivity contribution is 0.0257. The van der Waals surface area contributed by atoms with Gasteiger partial charge >= 0.3 is 6.09 Å². The van der Waals surface area contributed by atoms with Crippen molar-refractivity contribution in [3.63, 3.8) is 0 Å². The summed E-state index contributed by atoms with van der Waals surface area (Å²) in [7, 11) is 0. The normalized spacial score (nSPS) is 16.4. The number of hydrogen-bond donors (Lipinski definition) is 1. The lowest BCUT2D eigenvalue weighted by Crippen LogP contribution is -2.39. The summed E-state index contributed by atoms with van der Waals surface area (Å²) in [5.74, 6) is 0.750. The van der Waals surface area contributed by atoms with Crippen LogP contribution in [0.25, 0.3) is 11.1 Å². The van der Waals surface area contributed by atoms with Crippen LogP contribution in [-0.4, -0.2) is 59.2 Å². The third kappa shape index (κ3) is 5.69. The van der Waals surface area contributed by atoms with Crippen molar-refractivity contribution in [2.45, 2.75) is 52.2 Å². The van der Waals surface area contributed by atoms with Gasteiger partial charge in [-0.3, -0.25) is 4.90 Å². The minimum Gasteiger partial charge on any atom is -0.444 e. The number of rotatable bonds is 5. The number of hydrogen-bond acceptors (Lipinski definition) is 6. The van der Waals surface area contributed by atoms with Gasteiger partial charge in [-0.2, -0.15) is 0 Å². The molecule has 1 aromatic carbocycles. The smallest absolute Gasteiger partial charge is 0.410 e. The molecule has 2 aromatic rings. The molecule has 154 valence electrons. The fraction of sp³-hybridized carbons (Fsp3) is 0.619. The van der Waals surface area contributed by atoms with Crippen molar-refractivity contribution in [3.8, 4) is 0 Å². The summed E-state index contributed by atoms with van der Waals surface area (Å²) in [5, 5.41) is 0. The van der Waals surface area contributed by atoms with E-state index in [0.717, 1.165) is 62.4 Å². The highest BCUT2D eigenvalue weighted by atomic mass is 16.6. The summed E-state index contributed by atoms with van der Waals surface area (Å²) >= 11 is 0. The van der Waals surface area contributed by atoms with Crippen LogP contribution in [0.2, 0.25) is 0 Å². The van der Waals surface area contributed by atoms with Crippen LogP contribution in [0, 0.1) is 0 Å². The van der Waals surface area contributed by atoms with Gasteiger partial charge in [0.1, 0.15) is 11.1 Å². The molecule has 1 amide bonds. The van der Waals surface area contributed by atoms with Gasteiger partial charge in [0.05, 0.1) is 0 Å². The van der Waals surface area contributed by atoms with Crippen LogP contribution in [0.3, 0.4) is 0 Å². The monoisotopic (exact) mass is 388 g/mol. The molecule has 7 nitrogen and oxygen atoms in total. The number of ether oxygens (including phenoxy) is 1. The first-order valence-electron chi connectivity index (χ1n) is 10.1. The summed E-state index contributed by atoms with van der Waals surface area (Å²) in [5.41, 5.74) is 8.03. The van der Waals surface area contributed by atoms with Crippen molar-refractivity contribution >= 4 is 17.2 Å². The van der Waals surface area contributed by atoms with Gasteiger partial charge in [0.15, 0.2) is 11.5 Å². The van der Waals surface area contributed by atoms with Crippen molar-refractivity contribution in [2.75, 3.05) is 32.7 Å². The third-order valence-electron chi connectivity index (χ3n) is 4.74. The van der Waals surface area contributed by atoms with Crippen LogP contribution in [0.4, 0.5) is 4.79 Å². The maximum Gasteiger partial charge on any atom is 0.410 e. The highest BCUT2D eigenvalue weighted by Crippen LogP contribution is 2.20. The Morgan fingerprint density at radius 1 is 1.25 bits per heavy atom. The molecule has 2 heterocycles. The molecule has 0 radical (unpaired) electrons. The lowest BCUT2D eigenvalue weighted by atomic mass is 10.2. The van der Waals surface area contributed by atoms with Crippen LogP contribution in [0.1, 0.15) is 45.1 Å². The number of aryl methyl sites for hydroxylation is 1. The Hall–Kier alpha value is -2.12. The molecule has 1 aliphatic rings. The first-order valence-corrected chi connectivity index (χ1v) is 10.1. The number of fused-ring (bicyclic) bond motifs is 1. The van der Waals surface area contributed by atoms with Gasteiger partial charge < -0.3 is 19.8 Å². The second-order valence-electron chi connectivity index (χ2n) is 8.40. The second-order valence-corrected chi connectivity index (χ2v) is 8.40. The number of nitrogens with zero attached hydrogens (tertiary/aromatic N) is 3. The number of amides is 1. The van der Waals surface area contributed by atoms with Crippen LogP contribution in [0.5, 0.6) is 0 Å². The molecule has 3 rings (SSSR count). The molecule has 0 atom stereocenters. The number of nitrogens with two attached hydrogens (primary N) is 1. The van der Waals surface area contributed by atoms with E-state index in [1.807, 2.05) is 31.7 Å². The maximum absolute atomic E-state index is 12.3. The predicted octanol–water partition coefficient (Wildman–Crippen LogP) is 3.16. The van der Waals surface area contributed by atoms with Gasteiger partial charge in [-0.05, 0) is 57.9 Å². The van der Waals surface area contributed by atoms with Crippen LogP contribution in [-0.2, 0) is 17.7 Å². The molecule has 0 unspecified atom stereocenters. The molecule has 1 aliphatic heterocycles. The Labute approximate surface area is 166 Å². The van der Waals surface area contributed by atoms with E-state index in [9.17, 15) is 4.79 Å². The zero-order valence-electron chi connectivity index (χ0n) is 17.2. The summed E-state index contributed by atoms with van der Waals surface area (Å²) in [4.78, 5) is 21.1. The van der Waals surface area contributed by atoms with E-state index in [-0.39, 0.29) is 6.09 Å². The number of carbonyl (C=O) groups is 1. The SMILES string of the molecule is CC(C)(C)OC(=O)N1CCCN(Cc2ccc3oc(CCCN)nc3c2)CC1. The molecule has 1 saturated heterocycles. The first kappa shape index (κ1) is 20.6. The topological polar surface area (TPSA) is 84.8 Å². The summed E-state index contributed by atoms with van der Waals surface area (Å²) < 4.78 is 11.3. The minimum atomic E-state index is -0.459. The molecule has 28 heavy (non-hydrogen) atoms. The van der Waals surface area contributed by atoms with E-state index in [1.165, 1.54) is 5.56 Å². The first-order chi connectivity index (χ1) is 13.3. The molecule has 1 fully saturated rings. The van der Waals surface area contributed by atoms with E-state index in [2.05, 4.69) is 22.0 Å². The van der Waals surface area contributed by atoms with Gasteiger partial charge in [0.25, 0.3) is 0 Å². The van der Waals surface area contributed by atoms with Crippen molar-refractivity contribution in [1.29, 1.82) is 0 Å². The van der Waals surface area contributed by atoms with Crippen LogP contribution in [0.15, 0.2) is 22.6 Å². The standard InChI is InChI=1S/C21H32N4O3/c1-21(2,3)28-20(26)25-11-5-10-24(12-13-25)15-16-7-8-18-17(14-16)23-19(27-18)6-4-9-22/h7-8,14H,4-6,9-13,15,22H2,1-3H3. The van der Waals surface area contributed by atoms with Gasteiger partial charge in [0, 0.05) is 39.1 Å². The second kappa shape index (κ2) is 8.92. The Morgan fingerprint density at radius 2 is 2.07 bits per heavy atom. The molecule has 0 aliphatic carbocycles. The van der Waals surface area contributed by atoms with Crippen LogP contribution < -0.4 is 5.73 Å². The summed E-state index contributed by atoms with van der Waals surface area (Å²) in [6.45, 7) is 10.4. The Kier molecular flexibility index (Phi) is 6.57. The Bertz CT molecular complexity index is 797. The fourth-order valence-corrected chi connectivity index (χ4v) is 3.38. The summed E-state index contributed by atoms with van der Waals surface area (Å²) in [6, 6.07) is 6.19. The third-order valence-corrected chi connectivity index (χ3v) is 4.74. The molecule has 7 heteroatoms. The fourth-order valence-electron chi connectivity index (χ4n) is 3.38. The van der Waals surface area contributed by atoms with E-state index in [4.69, 9.17) is 14.9 Å². The van der Waals surface area contributed by atoms with Gasteiger partial charge in [-0.1, -0.05) is 6.07 Å². The van der Waals surface area contributed by atoms with Gasteiger partial charge in [-0.25, -0.2) is 9.78 Å². The van der Waals surface area contributed by atoms with Gasteiger partial charge in [0.2, 0.25) is 0 Å². The molecule has 1 aromatic heterocycles. The number of oxazole rings is 1. The Morgan fingerprint density at radius 3 is 2.82 bits per heavy atom. The zero-order chi connectivity index (χ0) is 20.1. The quantitative estimate of drug-likeness (QED) is 0.847. The lowest BCUT2D eigenvalue weighted by Gasteiger charge is -2.26. The average molecular weight is 389 g/mol. The molecule has 0 saturated carbocycles. The predicted molar refractivity (Wildman–Crippen MR) is 109 cm³/mol. The summed E-state index contributed by atoms with van der Waals surface area (Å²) in [6.07, 6.45) is 2.37. The average Bonchev–Trinajstić information content (AvgIpc) is 2.87. The molecule has 0 bridgehead atoms. The number of aromatic nitrogens is 1. The van der Waals surface area contributed by atoms with Crippen molar-refractivity contribution in [2.24, 2.45) is 5.73 Å². The largest absolute Gasteiger partial charge is 0.444 e.